The monoisotopic (exact) mass is 555 g/mol. The number of benzene rings is 2. The largest absolute Gasteiger partial charge is 0.355 e. The average molecular weight is 556 g/mol. The summed E-state index contributed by atoms with van der Waals surface area (Å²) in [5.74, 6) is 0.698. The maximum atomic E-state index is 12.3. The number of likely N-dealkylation sites (N-methyl/N-ethyl adjacent to an activating group) is 1. The summed E-state index contributed by atoms with van der Waals surface area (Å²) in [5.41, 5.74) is 1.70. The van der Waals surface area contributed by atoms with Crippen molar-refractivity contribution in [2.45, 2.75) is 23.6 Å². The van der Waals surface area contributed by atoms with E-state index in [2.05, 4.69) is 52.1 Å². The third kappa shape index (κ3) is 10.9. The highest BCUT2D eigenvalue weighted by Crippen LogP contribution is 2.21. The van der Waals surface area contributed by atoms with Gasteiger partial charge in [0, 0.05) is 48.9 Å². The van der Waals surface area contributed by atoms with E-state index in [9.17, 15) is 4.79 Å². The minimum absolute atomic E-state index is 0. The number of hydrogen-bond acceptors (Lipinski definition) is 4. The number of guanidine groups is 1. The number of carbonyl (C=O) groups excluding carboxylic acids is 1. The van der Waals surface area contributed by atoms with E-state index in [0.29, 0.717) is 23.9 Å². The summed E-state index contributed by atoms with van der Waals surface area (Å²) in [6.45, 7) is 5.03. The SMILES string of the molecule is CN=C(NCc1cccc(C(=O)NCCN(C)C)c1)NCC(C)Sc1ccccc1.I. The van der Waals surface area contributed by atoms with Crippen LogP contribution in [0.1, 0.15) is 22.8 Å². The molecule has 8 heteroatoms. The number of hydrogen-bond donors (Lipinski definition) is 3. The van der Waals surface area contributed by atoms with Crippen LogP contribution < -0.4 is 16.0 Å². The van der Waals surface area contributed by atoms with Crippen molar-refractivity contribution in [1.82, 2.24) is 20.9 Å². The maximum Gasteiger partial charge on any atom is 0.251 e. The summed E-state index contributed by atoms with van der Waals surface area (Å²) >= 11 is 1.83. The Morgan fingerprint density at radius 3 is 2.48 bits per heavy atom. The summed E-state index contributed by atoms with van der Waals surface area (Å²) in [6.07, 6.45) is 0. The second-order valence-corrected chi connectivity index (χ2v) is 8.82. The number of nitrogens with one attached hydrogen (secondary N) is 3. The van der Waals surface area contributed by atoms with E-state index in [1.54, 1.807) is 7.05 Å². The van der Waals surface area contributed by atoms with Crippen molar-refractivity contribution in [3.63, 3.8) is 0 Å². The Morgan fingerprint density at radius 2 is 1.81 bits per heavy atom. The molecule has 1 amide bonds. The molecule has 0 bridgehead atoms. The highest BCUT2D eigenvalue weighted by atomic mass is 127. The summed E-state index contributed by atoms with van der Waals surface area (Å²) in [5, 5.41) is 10.0. The first-order valence-electron chi connectivity index (χ1n) is 10.2. The molecule has 0 fully saturated rings. The van der Waals surface area contributed by atoms with Crippen molar-refractivity contribution in [3.8, 4) is 0 Å². The zero-order valence-corrected chi connectivity index (χ0v) is 21.9. The number of thioether (sulfide) groups is 1. The van der Waals surface area contributed by atoms with Crippen molar-refractivity contribution in [2.75, 3.05) is 40.8 Å². The summed E-state index contributed by atoms with van der Waals surface area (Å²) in [4.78, 5) is 19.9. The van der Waals surface area contributed by atoms with E-state index in [-0.39, 0.29) is 29.9 Å². The van der Waals surface area contributed by atoms with E-state index in [4.69, 9.17) is 0 Å². The molecule has 1 unspecified atom stereocenters. The van der Waals surface area contributed by atoms with Gasteiger partial charge in [0.2, 0.25) is 0 Å². The van der Waals surface area contributed by atoms with E-state index in [0.717, 1.165) is 24.6 Å². The van der Waals surface area contributed by atoms with Gasteiger partial charge < -0.3 is 20.9 Å². The molecule has 6 nitrogen and oxygen atoms in total. The van der Waals surface area contributed by atoms with Gasteiger partial charge in [-0.1, -0.05) is 37.3 Å². The maximum absolute atomic E-state index is 12.3. The Balaban J connectivity index is 0.00000480. The third-order valence-electron chi connectivity index (χ3n) is 4.35. The molecule has 0 aliphatic rings. The molecule has 1 atom stereocenters. The van der Waals surface area contributed by atoms with Gasteiger partial charge in [-0.2, -0.15) is 0 Å². The predicted molar refractivity (Wildman–Crippen MR) is 143 cm³/mol. The molecule has 0 radical (unpaired) electrons. The summed E-state index contributed by atoms with van der Waals surface area (Å²) in [6, 6.07) is 18.1. The predicted octanol–water partition coefficient (Wildman–Crippen LogP) is 3.44. The molecule has 2 rings (SSSR count). The fourth-order valence-corrected chi connectivity index (χ4v) is 3.68. The molecule has 0 aliphatic heterocycles. The van der Waals surface area contributed by atoms with E-state index >= 15 is 0 Å². The third-order valence-corrected chi connectivity index (χ3v) is 5.47. The van der Waals surface area contributed by atoms with Crippen LogP contribution in [0.3, 0.4) is 0 Å². The van der Waals surface area contributed by atoms with Crippen LogP contribution in [0.4, 0.5) is 0 Å². The molecule has 3 N–H and O–H groups in total. The van der Waals surface area contributed by atoms with Crippen molar-refractivity contribution in [2.24, 2.45) is 4.99 Å². The van der Waals surface area contributed by atoms with E-state index < -0.39 is 0 Å². The molecular formula is C23H34IN5OS. The fourth-order valence-electron chi connectivity index (χ4n) is 2.74. The number of halogens is 1. The minimum Gasteiger partial charge on any atom is -0.355 e. The Hall–Kier alpha value is -1.78. The van der Waals surface area contributed by atoms with Crippen molar-refractivity contribution < 1.29 is 4.79 Å². The first-order valence-corrected chi connectivity index (χ1v) is 11.0. The molecular weight excluding hydrogens is 521 g/mol. The van der Waals surface area contributed by atoms with Gasteiger partial charge in [0.05, 0.1) is 0 Å². The van der Waals surface area contributed by atoms with Crippen LogP contribution in [0.15, 0.2) is 64.5 Å². The van der Waals surface area contributed by atoms with E-state index in [1.165, 1.54) is 4.90 Å². The molecule has 0 heterocycles. The number of nitrogens with zero attached hydrogens (tertiary/aromatic N) is 2. The molecule has 0 saturated heterocycles. The average Bonchev–Trinajstić information content (AvgIpc) is 2.74. The first kappa shape index (κ1) is 27.3. The molecule has 170 valence electrons. The van der Waals surface area contributed by atoms with Gasteiger partial charge in [-0.25, -0.2) is 0 Å². The Morgan fingerprint density at radius 1 is 1.06 bits per heavy atom. The van der Waals surface area contributed by atoms with Crippen LogP contribution in [0.25, 0.3) is 0 Å². The lowest BCUT2D eigenvalue weighted by Crippen LogP contribution is -2.39. The molecule has 2 aromatic rings. The lowest BCUT2D eigenvalue weighted by Gasteiger charge is -2.16. The van der Waals surface area contributed by atoms with E-state index in [1.807, 2.05) is 61.1 Å². The van der Waals surface area contributed by atoms with Gasteiger partial charge in [-0.05, 0) is 43.9 Å². The Bertz CT molecular complexity index is 817. The fraction of sp³-hybridized carbons (Fsp3) is 0.391. The molecule has 0 aliphatic carbocycles. The lowest BCUT2D eigenvalue weighted by atomic mass is 10.1. The zero-order chi connectivity index (χ0) is 21.8. The summed E-state index contributed by atoms with van der Waals surface area (Å²) < 4.78 is 0. The van der Waals surface area contributed by atoms with Gasteiger partial charge in [0.1, 0.15) is 0 Å². The second kappa shape index (κ2) is 15.1. The number of rotatable bonds is 10. The number of carbonyl (C=O) groups is 1. The van der Waals surface area contributed by atoms with Crippen LogP contribution in [0.2, 0.25) is 0 Å². The van der Waals surface area contributed by atoms with Gasteiger partial charge in [-0.3, -0.25) is 9.79 Å². The smallest absolute Gasteiger partial charge is 0.251 e. The highest BCUT2D eigenvalue weighted by Gasteiger charge is 2.08. The molecule has 0 spiro atoms. The van der Waals surface area contributed by atoms with Gasteiger partial charge in [-0.15, -0.1) is 35.7 Å². The second-order valence-electron chi connectivity index (χ2n) is 7.31. The Kier molecular flexibility index (Phi) is 13.3. The quantitative estimate of drug-likeness (QED) is 0.182. The summed E-state index contributed by atoms with van der Waals surface area (Å²) in [7, 11) is 5.74. The minimum atomic E-state index is -0.0482. The highest BCUT2D eigenvalue weighted by molar-refractivity contribution is 14.0. The standard InChI is InChI=1S/C23H33N5OS.HI/c1-18(30-21-11-6-5-7-12-21)16-26-23(24-2)27-17-19-9-8-10-20(15-19)22(29)25-13-14-28(3)4;/h5-12,15,18H,13-14,16-17H2,1-4H3,(H,25,29)(H2,24,26,27);1H. The molecule has 0 aromatic heterocycles. The van der Waals surface area contributed by atoms with Crippen molar-refractivity contribution >= 4 is 47.6 Å². The first-order chi connectivity index (χ1) is 14.5. The van der Waals surface area contributed by atoms with Gasteiger partial charge in [0.25, 0.3) is 5.91 Å². The zero-order valence-electron chi connectivity index (χ0n) is 18.7. The molecule has 31 heavy (non-hydrogen) atoms. The topological polar surface area (TPSA) is 68.8 Å². The lowest BCUT2D eigenvalue weighted by molar-refractivity contribution is 0.0951. The van der Waals surface area contributed by atoms with Crippen LogP contribution in [-0.4, -0.2) is 62.8 Å². The Labute approximate surface area is 207 Å². The van der Waals surface area contributed by atoms with Crippen LogP contribution >= 0.6 is 35.7 Å². The van der Waals surface area contributed by atoms with Crippen molar-refractivity contribution in [3.05, 3.63) is 65.7 Å². The molecule has 2 aromatic carbocycles. The van der Waals surface area contributed by atoms with Crippen LogP contribution in [0.5, 0.6) is 0 Å². The van der Waals surface area contributed by atoms with Crippen molar-refractivity contribution in [1.29, 1.82) is 0 Å². The molecule has 0 saturated carbocycles. The van der Waals surface area contributed by atoms with Gasteiger partial charge >= 0.3 is 0 Å². The van der Waals surface area contributed by atoms with Crippen LogP contribution in [-0.2, 0) is 6.54 Å². The number of amides is 1. The van der Waals surface area contributed by atoms with Crippen LogP contribution in [0, 0.1) is 0 Å². The number of aliphatic imine (C=N–C) groups is 1. The normalized spacial score (nSPS) is 12.1. The van der Waals surface area contributed by atoms with Gasteiger partial charge in [0.15, 0.2) is 5.96 Å².